The highest BCUT2D eigenvalue weighted by Crippen LogP contribution is 2.22. The van der Waals surface area contributed by atoms with Gasteiger partial charge in [0, 0.05) is 22.6 Å². The third kappa shape index (κ3) is 3.91. The van der Waals surface area contributed by atoms with Crippen LogP contribution in [0.15, 0.2) is 66.9 Å². The van der Waals surface area contributed by atoms with Gasteiger partial charge in [-0.3, -0.25) is 4.79 Å². The van der Waals surface area contributed by atoms with Gasteiger partial charge in [-0.1, -0.05) is 35.4 Å². The Balaban J connectivity index is 1.83. The molecule has 1 amide bonds. The first kappa shape index (κ1) is 16.0. The molecular weight excluding hydrogens is 322 g/mol. The van der Waals surface area contributed by atoms with Gasteiger partial charge in [0.2, 0.25) is 0 Å². The van der Waals surface area contributed by atoms with E-state index in [1.54, 1.807) is 30.5 Å². The molecule has 0 fully saturated rings. The highest BCUT2D eigenvalue weighted by atomic mass is 35.5. The molecule has 24 heavy (non-hydrogen) atoms. The average Bonchev–Trinajstić information content (AvgIpc) is 2.57. The predicted octanol–water partition coefficient (Wildman–Crippen LogP) is 5.04. The zero-order valence-corrected chi connectivity index (χ0v) is 13.8. The minimum atomic E-state index is -0.225. The molecule has 1 heterocycles. The molecule has 5 heteroatoms. The van der Waals surface area contributed by atoms with Crippen molar-refractivity contribution in [1.82, 2.24) is 4.98 Å². The fourth-order valence-electron chi connectivity index (χ4n) is 2.23. The molecule has 0 atom stereocenters. The van der Waals surface area contributed by atoms with Crippen LogP contribution in [0.25, 0.3) is 0 Å². The Bertz CT molecular complexity index is 862. The van der Waals surface area contributed by atoms with Crippen molar-refractivity contribution >= 4 is 34.7 Å². The number of hydrogen-bond donors (Lipinski definition) is 2. The van der Waals surface area contributed by atoms with Crippen molar-refractivity contribution < 1.29 is 4.79 Å². The second kappa shape index (κ2) is 7.15. The number of aromatic nitrogens is 1. The minimum absolute atomic E-state index is 0.225. The van der Waals surface area contributed by atoms with Crippen LogP contribution >= 0.6 is 11.6 Å². The lowest BCUT2D eigenvalue weighted by Crippen LogP contribution is -2.14. The number of carbonyl (C=O) groups is 1. The lowest BCUT2D eigenvalue weighted by molar-refractivity contribution is 0.102. The van der Waals surface area contributed by atoms with Gasteiger partial charge >= 0.3 is 0 Å². The molecule has 0 aliphatic rings. The number of anilines is 3. The number of rotatable bonds is 4. The van der Waals surface area contributed by atoms with Crippen LogP contribution in [-0.2, 0) is 0 Å². The molecule has 2 N–H and O–H groups in total. The molecule has 3 rings (SSSR count). The van der Waals surface area contributed by atoms with Gasteiger partial charge in [-0.05, 0) is 49.4 Å². The molecule has 0 saturated heterocycles. The molecule has 0 aliphatic carbocycles. The van der Waals surface area contributed by atoms with Crippen molar-refractivity contribution in [3.8, 4) is 0 Å². The van der Waals surface area contributed by atoms with Crippen LogP contribution in [0.4, 0.5) is 17.2 Å². The number of halogens is 1. The summed E-state index contributed by atoms with van der Waals surface area (Å²) in [4.78, 5) is 16.8. The van der Waals surface area contributed by atoms with Crippen molar-refractivity contribution in [3.05, 3.63) is 83.0 Å². The van der Waals surface area contributed by atoms with E-state index in [9.17, 15) is 4.79 Å². The number of hydrogen-bond acceptors (Lipinski definition) is 3. The quantitative estimate of drug-likeness (QED) is 0.701. The molecule has 1 aromatic heterocycles. The predicted molar refractivity (Wildman–Crippen MR) is 98.1 cm³/mol. The molecule has 0 unspecified atom stereocenters. The second-order valence-corrected chi connectivity index (χ2v) is 5.79. The number of amides is 1. The van der Waals surface area contributed by atoms with Gasteiger partial charge in [0.05, 0.1) is 5.56 Å². The zero-order valence-electron chi connectivity index (χ0n) is 13.1. The van der Waals surface area contributed by atoms with E-state index in [4.69, 9.17) is 11.6 Å². The largest absolute Gasteiger partial charge is 0.340 e. The first-order valence-electron chi connectivity index (χ1n) is 7.47. The number of carbonyl (C=O) groups excluding carboxylic acids is 1. The van der Waals surface area contributed by atoms with E-state index >= 15 is 0 Å². The van der Waals surface area contributed by atoms with Crippen molar-refractivity contribution in [2.24, 2.45) is 0 Å². The SMILES string of the molecule is Cc1ccc(NC(=O)c2cccnc2Nc2cccc(Cl)c2)cc1. The normalized spacial score (nSPS) is 10.2. The summed E-state index contributed by atoms with van der Waals surface area (Å²) < 4.78 is 0. The number of benzene rings is 2. The average molecular weight is 338 g/mol. The Morgan fingerprint density at radius 2 is 1.79 bits per heavy atom. The molecule has 0 saturated carbocycles. The molecular formula is C19H16ClN3O. The molecule has 3 aromatic rings. The van der Waals surface area contributed by atoms with Crippen LogP contribution in [0.3, 0.4) is 0 Å². The van der Waals surface area contributed by atoms with E-state index in [-0.39, 0.29) is 5.91 Å². The Morgan fingerprint density at radius 3 is 2.54 bits per heavy atom. The van der Waals surface area contributed by atoms with E-state index in [1.165, 1.54) is 0 Å². The summed E-state index contributed by atoms with van der Waals surface area (Å²) >= 11 is 5.99. The zero-order chi connectivity index (χ0) is 16.9. The van der Waals surface area contributed by atoms with Crippen LogP contribution in [0, 0.1) is 6.92 Å². The summed E-state index contributed by atoms with van der Waals surface area (Å²) in [6, 6.07) is 18.3. The monoisotopic (exact) mass is 337 g/mol. The summed E-state index contributed by atoms with van der Waals surface area (Å²) in [7, 11) is 0. The molecule has 0 spiro atoms. The van der Waals surface area contributed by atoms with Gasteiger partial charge < -0.3 is 10.6 Å². The van der Waals surface area contributed by atoms with Crippen molar-refractivity contribution in [2.45, 2.75) is 6.92 Å². The topological polar surface area (TPSA) is 54.0 Å². The van der Waals surface area contributed by atoms with Crippen LogP contribution < -0.4 is 10.6 Å². The third-order valence-corrected chi connectivity index (χ3v) is 3.68. The number of pyridine rings is 1. The van der Waals surface area contributed by atoms with E-state index < -0.39 is 0 Å². The first-order valence-corrected chi connectivity index (χ1v) is 7.85. The van der Waals surface area contributed by atoms with Gasteiger partial charge in [0.1, 0.15) is 5.82 Å². The highest BCUT2D eigenvalue weighted by Gasteiger charge is 2.13. The van der Waals surface area contributed by atoms with Crippen LogP contribution in [0.2, 0.25) is 5.02 Å². The number of nitrogens with one attached hydrogen (secondary N) is 2. The van der Waals surface area contributed by atoms with Crippen molar-refractivity contribution in [3.63, 3.8) is 0 Å². The fraction of sp³-hybridized carbons (Fsp3) is 0.0526. The second-order valence-electron chi connectivity index (χ2n) is 5.36. The maximum Gasteiger partial charge on any atom is 0.259 e. The standard InChI is InChI=1S/C19H16ClN3O/c1-13-7-9-15(10-8-13)23-19(24)17-6-3-11-21-18(17)22-16-5-2-4-14(20)12-16/h2-12H,1H3,(H,21,22)(H,23,24). The van der Waals surface area contributed by atoms with Gasteiger partial charge in [-0.25, -0.2) is 4.98 Å². The summed E-state index contributed by atoms with van der Waals surface area (Å²) in [6.45, 7) is 2.00. The van der Waals surface area contributed by atoms with E-state index in [0.29, 0.717) is 16.4 Å². The summed E-state index contributed by atoms with van der Waals surface area (Å²) in [6.07, 6.45) is 1.63. The number of nitrogens with zero attached hydrogens (tertiary/aromatic N) is 1. The van der Waals surface area contributed by atoms with E-state index in [0.717, 1.165) is 16.9 Å². The van der Waals surface area contributed by atoms with Gasteiger partial charge in [0.25, 0.3) is 5.91 Å². The molecule has 0 bridgehead atoms. The summed E-state index contributed by atoms with van der Waals surface area (Å²) in [5.41, 5.74) is 3.10. The fourth-order valence-corrected chi connectivity index (χ4v) is 2.42. The highest BCUT2D eigenvalue weighted by molar-refractivity contribution is 6.30. The smallest absolute Gasteiger partial charge is 0.259 e. The lowest BCUT2D eigenvalue weighted by atomic mass is 10.2. The van der Waals surface area contributed by atoms with Crippen LogP contribution in [-0.4, -0.2) is 10.9 Å². The van der Waals surface area contributed by atoms with Gasteiger partial charge in [-0.15, -0.1) is 0 Å². The Morgan fingerprint density at radius 1 is 1.00 bits per heavy atom. The Kier molecular flexibility index (Phi) is 4.77. The van der Waals surface area contributed by atoms with Crippen LogP contribution in [0.1, 0.15) is 15.9 Å². The number of aryl methyl sites for hydroxylation is 1. The maximum absolute atomic E-state index is 12.6. The Labute approximate surface area is 145 Å². The molecule has 0 aliphatic heterocycles. The maximum atomic E-state index is 12.6. The van der Waals surface area contributed by atoms with E-state index in [1.807, 2.05) is 43.3 Å². The first-order chi connectivity index (χ1) is 11.6. The molecule has 120 valence electrons. The summed E-state index contributed by atoms with van der Waals surface area (Å²) in [5.74, 6) is 0.251. The molecule has 2 aromatic carbocycles. The van der Waals surface area contributed by atoms with Crippen LogP contribution in [0.5, 0.6) is 0 Å². The van der Waals surface area contributed by atoms with E-state index in [2.05, 4.69) is 15.6 Å². The lowest BCUT2D eigenvalue weighted by Gasteiger charge is -2.11. The van der Waals surface area contributed by atoms with Crippen molar-refractivity contribution in [1.29, 1.82) is 0 Å². The third-order valence-electron chi connectivity index (χ3n) is 3.45. The molecule has 0 radical (unpaired) electrons. The molecule has 4 nitrogen and oxygen atoms in total. The van der Waals surface area contributed by atoms with Gasteiger partial charge in [0.15, 0.2) is 0 Å². The van der Waals surface area contributed by atoms with Crippen molar-refractivity contribution in [2.75, 3.05) is 10.6 Å². The minimum Gasteiger partial charge on any atom is -0.340 e. The Hall–Kier alpha value is -2.85. The van der Waals surface area contributed by atoms with Gasteiger partial charge in [-0.2, -0.15) is 0 Å². The summed E-state index contributed by atoms with van der Waals surface area (Å²) in [5, 5.41) is 6.62.